The fourth-order valence-corrected chi connectivity index (χ4v) is 1.28. The summed E-state index contributed by atoms with van der Waals surface area (Å²) in [6.07, 6.45) is -0.750. The Morgan fingerprint density at radius 2 is 2.17 bits per heavy atom. The third-order valence-corrected chi connectivity index (χ3v) is 2.21. The van der Waals surface area contributed by atoms with Gasteiger partial charge in [-0.2, -0.15) is 0 Å². The van der Waals surface area contributed by atoms with Gasteiger partial charge in [-0.05, 0) is 12.1 Å². The van der Waals surface area contributed by atoms with Crippen LogP contribution in [0.5, 0.6) is 5.75 Å². The van der Waals surface area contributed by atoms with Crippen LogP contribution >= 0.6 is 12.4 Å². The van der Waals surface area contributed by atoms with Gasteiger partial charge in [0.1, 0.15) is 6.10 Å². The van der Waals surface area contributed by atoms with Crippen molar-refractivity contribution >= 4 is 24.0 Å². The van der Waals surface area contributed by atoms with Crippen LogP contribution in [0, 0.1) is 5.82 Å². The number of rotatable bonds is 5. The van der Waals surface area contributed by atoms with Gasteiger partial charge < -0.3 is 20.5 Å². The molecule has 0 saturated heterocycles. The number of methoxy groups -OCH3 is 2. The van der Waals surface area contributed by atoms with Crippen LogP contribution in [-0.4, -0.2) is 32.8 Å². The van der Waals surface area contributed by atoms with Gasteiger partial charge >= 0.3 is 0 Å². The Bertz CT molecular complexity index is 400. The Morgan fingerprint density at radius 1 is 1.50 bits per heavy atom. The van der Waals surface area contributed by atoms with E-state index in [0.29, 0.717) is 5.69 Å². The zero-order chi connectivity index (χ0) is 12.8. The molecule has 1 aromatic carbocycles. The van der Waals surface area contributed by atoms with Gasteiger partial charge in [0, 0.05) is 25.4 Å². The van der Waals surface area contributed by atoms with Crippen molar-refractivity contribution in [2.75, 3.05) is 26.1 Å². The van der Waals surface area contributed by atoms with E-state index in [1.165, 1.54) is 32.4 Å². The van der Waals surface area contributed by atoms with E-state index in [9.17, 15) is 9.18 Å². The van der Waals surface area contributed by atoms with Crippen LogP contribution in [0.2, 0.25) is 0 Å². The fourth-order valence-electron chi connectivity index (χ4n) is 1.28. The van der Waals surface area contributed by atoms with Crippen molar-refractivity contribution in [3.8, 4) is 5.75 Å². The summed E-state index contributed by atoms with van der Waals surface area (Å²) in [5.74, 6) is -0.850. The van der Waals surface area contributed by atoms with Gasteiger partial charge in [0.05, 0.1) is 7.11 Å². The van der Waals surface area contributed by atoms with Crippen molar-refractivity contribution in [1.29, 1.82) is 0 Å². The van der Waals surface area contributed by atoms with Crippen LogP contribution in [0.25, 0.3) is 0 Å². The zero-order valence-corrected chi connectivity index (χ0v) is 10.9. The fraction of sp³-hybridized carbons (Fsp3) is 0.364. The lowest BCUT2D eigenvalue weighted by molar-refractivity contribution is -0.125. The Morgan fingerprint density at radius 3 is 2.61 bits per heavy atom. The van der Waals surface area contributed by atoms with Gasteiger partial charge in [-0.1, -0.05) is 0 Å². The molecule has 1 amide bonds. The van der Waals surface area contributed by atoms with Crippen molar-refractivity contribution in [3.05, 3.63) is 24.0 Å². The quantitative estimate of drug-likeness (QED) is 0.848. The second kappa shape index (κ2) is 7.86. The molecular weight excluding hydrogens is 263 g/mol. The largest absolute Gasteiger partial charge is 0.494 e. The van der Waals surface area contributed by atoms with E-state index in [4.69, 9.17) is 15.2 Å². The van der Waals surface area contributed by atoms with Gasteiger partial charge in [0.25, 0.3) is 5.91 Å². The molecule has 0 aliphatic carbocycles. The third kappa shape index (κ3) is 4.14. The first-order chi connectivity index (χ1) is 8.12. The molecule has 0 radical (unpaired) electrons. The van der Waals surface area contributed by atoms with Crippen molar-refractivity contribution in [1.82, 2.24) is 0 Å². The molecule has 102 valence electrons. The molecule has 1 aromatic rings. The van der Waals surface area contributed by atoms with E-state index in [0.717, 1.165) is 0 Å². The van der Waals surface area contributed by atoms with Crippen LogP contribution in [0.15, 0.2) is 18.2 Å². The lowest BCUT2D eigenvalue weighted by Gasteiger charge is -2.13. The number of carbonyl (C=O) groups is 1. The van der Waals surface area contributed by atoms with Crippen LogP contribution in [0.4, 0.5) is 10.1 Å². The molecule has 0 heterocycles. The molecule has 1 atom stereocenters. The molecule has 1 unspecified atom stereocenters. The van der Waals surface area contributed by atoms with E-state index in [1.807, 2.05) is 0 Å². The number of carbonyl (C=O) groups excluding carboxylic acids is 1. The van der Waals surface area contributed by atoms with Gasteiger partial charge in [-0.25, -0.2) is 4.39 Å². The van der Waals surface area contributed by atoms with Crippen LogP contribution < -0.4 is 15.8 Å². The van der Waals surface area contributed by atoms with Gasteiger partial charge in [0.15, 0.2) is 11.6 Å². The lowest BCUT2D eigenvalue weighted by atomic mass is 10.2. The summed E-state index contributed by atoms with van der Waals surface area (Å²) in [4.78, 5) is 11.6. The number of halogens is 2. The summed E-state index contributed by atoms with van der Waals surface area (Å²) in [6.45, 7) is 0.0565. The molecule has 0 spiro atoms. The number of anilines is 1. The molecule has 18 heavy (non-hydrogen) atoms. The number of ether oxygens (including phenoxy) is 2. The molecule has 0 saturated carbocycles. The molecule has 1 rings (SSSR count). The number of nitrogens with one attached hydrogen (secondary N) is 1. The van der Waals surface area contributed by atoms with E-state index in [-0.39, 0.29) is 24.7 Å². The molecule has 0 aliphatic heterocycles. The van der Waals surface area contributed by atoms with E-state index in [1.54, 1.807) is 0 Å². The SMILES string of the molecule is COc1ccc(NC(=O)C(CN)OC)cc1F.Cl. The van der Waals surface area contributed by atoms with Crippen molar-refractivity contribution < 1.29 is 18.7 Å². The van der Waals surface area contributed by atoms with E-state index < -0.39 is 17.8 Å². The van der Waals surface area contributed by atoms with Crippen LogP contribution in [-0.2, 0) is 9.53 Å². The minimum Gasteiger partial charge on any atom is -0.494 e. The van der Waals surface area contributed by atoms with Crippen molar-refractivity contribution in [3.63, 3.8) is 0 Å². The monoisotopic (exact) mass is 278 g/mol. The van der Waals surface area contributed by atoms with Crippen molar-refractivity contribution in [2.45, 2.75) is 6.10 Å². The Labute approximate surface area is 111 Å². The lowest BCUT2D eigenvalue weighted by Crippen LogP contribution is -2.35. The molecule has 7 heteroatoms. The summed E-state index contributed by atoms with van der Waals surface area (Å²) in [5, 5.41) is 2.50. The predicted octanol–water partition coefficient (Wildman–Crippen LogP) is 1.17. The summed E-state index contributed by atoms with van der Waals surface area (Å²) in [7, 11) is 2.75. The van der Waals surface area contributed by atoms with Gasteiger partial charge in [0.2, 0.25) is 0 Å². The van der Waals surface area contributed by atoms with E-state index in [2.05, 4.69) is 5.32 Å². The first-order valence-electron chi connectivity index (χ1n) is 4.99. The highest BCUT2D eigenvalue weighted by Crippen LogP contribution is 2.20. The zero-order valence-electron chi connectivity index (χ0n) is 10.1. The number of nitrogens with two attached hydrogens (primary N) is 1. The van der Waals surface area contributed by atoms with E-state index >= 15 is 0 Å². The topological polar surface area (TPSA) is 73.6 Å². The standard InChI is InChI=1S/C11H15FN2O3.ClH/c1-16-9-4-3-7(5-8(9)12)14-11(15)10(6-13)17-2;/h3-5,10H,6,13H2,1-2H3,(H,14,15);1H. The third-order valence-electron chi connectivity index (χ3n) is 2.21. The second-order valence-electron chi connectivity index (χ2n) is 3.30. The molecule has 0 aliphatic rings. The maximum Gasteiger partial charge on any atom is 0.254 e. The average molecular weight is 279 g/mol. The maximum atomic E-state index is 13.3. The molecule has 3 N–H and O–H groups in total. The first-order valence-corrected chi connectivity index (χ1v) is 4.99. The van der Waals surface area contributed by atoms with Crippen molar-refractivity contribution in [2.24, 2.45) is 5.73 Å². The van der Waals surface area contributed by atoms with Gasteiger partial charge in [-0.3, -0.25) is 4.79 Å². The highest BCUT2D eigenvalue weighted by atomic mass is 35.5. The number of hydrogen-bond donors (Lipinski definition) is 2. The molecule has 0 bridgehead atoms. The maximum absolute atomic E-state index is 13.3. The Balaban J connectivity index is 0.00000289. The molecule has 5 nitrogen and oxygen atoms in total. The molecule has 0 fully saturated rings. The summed E-state index contributed by atoms with van der Waals surface area (Å²) in [5.41, 5.74) is 5.66. The van der Waals surface area contributed by atoms with Crippen LogP contribution in [0.3, 0.4) is 0 Å². The minimum atomic E-state index is -0.750. The number of benzene rings is 1. The highest BCUT2D eigenvalue weighted by molar-refractivity contribution is 5.94. The second-order valence-corrected chi connectivity index (χ2v) is 3.30. The predicted molar refractivity (Wildman–Crippen MR) is 68.7 cm³/mol. The molecular formula is C11H16ClFN2O3. The number of hydrogen-bond acceptors (Lipinski definition) is 4. The Kier molecular flexibility index (Phi) is 7.26. The average Bonchev–Trinajstić information content (AvgIpc) is 2.31. The minimum absolute atomic E-state index is 0. The summed E-state index contributed by atoms with van der Waals surface area (Å²) in [6, 6.07) is 4.12. The molecule has 0 aromatic heterocycles. The Hall–Kier alpha value is -1.37. The van der Waals surface area contributed by atoms with Gasteiger partial charge in [-0.15, -0.1) is 12.4 Å². The first kappa shape index (κ1) is 16.6. The highest BCUT2D eigenvalue weighted by Gasteiger charge is 2.16. The normalized spacial score (nSPS) is 11.3. The summed E-state index contributed by atoms with van der Waals surface area (Å²) < 4.78 is 22.9. The van der Waals surface area contributed by atoms with Crippen LogP contribution in [0.1, 0.15) is 0 Å². The summed E-state index contributed by atoms with van der Waals surface area (Å²) >= 11 is 0. The number of amides is 1. The smallest absolute Gasteiger partial charge is 0.254 e.